The summed E-state index contributed by atoms with van der Waals surface area (Å²) in [5.41, 5.74) is 0.803. The molecular formula is C26H40FN3O2. The molecule has 1 aliphatic heterocycles. The van der Waals surface area contributed by atoms with Crippen LogP contribution in [0.1, 0.15) is 84.0 Å². The molecule has 2 saturated carbocycles. The summed E-state index contributed by atoms with van der Waals surface area (Å²) in [6.07, 6.45) is 13.5. The summed E-state index contributed by atoms with van der Waals surface area (Å²) in [7, 11) is 0. The van der Waals surface area contributed by atoms with Gasteiger partial charge in [-0.1, -0.05) is 51.9 Å². The number of anilines is 2. The van der Waals surface area contributed by atoms with Gasteiger partial charge < -0.3 is 20.7 Å². The van der Waals surface area contributed by atoms with Crippen molar-refractivity contribution >= 4 is 17.3 Å². The molecule has 0 saturated heterocycles. The van der Waals surface area contributed by atoms with Crippen LogP contribution < -0.4 is 16.0 Å². The second-order valence-corrected chi connectivity index (χ2v) is 10.0. The zero-order valence-corrected chi connectivity index (χ0v) is 19.6. The van der Waals surface area contributed by atoms with Gasteiger partial charge in [0.05, 0.1) is 23.9 Å². The summed E-state index contributed by atoms with van der Waals surface area (Å²) in [6, 6.07) is 5.02. The second kappa shape index (κ2) is 10.9. The normalized spacial score (nSPS) is 24.9. The third kappa shape index (κ3) is 5.38. The minimum atomic E-state index is -0.759. The topological polar surface area (TPSA) is 62.4 Å². The van der Waals surface area contributed by atoms with Crippen molar-refractivity contribution in [3.8, 4) is 0 Å². The number of benzene rings is 1. The highest BCUT2D eigenvalue weighted by Gasteiger charge is 2.51. The van der Waals surface area contributed by atoms with Gasteiger partial charge in [0.1, 0.15) is 11.5 Å². The monoisotopic (exact) mass is 445 g/mol. The molecule has 4 rings (SSSR count). The molecule has 0 aromatic heterocycles. The van der Waals surface area contributed by atoms with E-state index in [0.29, 0.717) is 13.2 Å². The Morgan fingerprint density at radius 3 is 2.50 bits per heavy atom. The van der Waals surface area contributed by atoms with Crippen molar-refractivity contribution in [1.82, 2.24) is 5.32 Å². The van der Waals surface area contributed by atoms with Crippen LogP contribution in [0, 0.1) is 17.7 Å². The Bertz CT molecular complexity index is 761. The zero-order chi connectivity index (χ0) is 22.4. The maximum absolute atomic E-state index is 14.0. The van der Waals surface area contributed by atoms with E-state index in [0.717, 1.165) is 62.7 Å². The molecule has 0 radical (unpaired) electrons. The number of halogens is 1. The first-order valence-corrected chi connectivity index (χ1v) is 12.9. The SMILES string of the molecule is CCCCOCC1(C(C(=O)NC2CCCCC2)C2CCCCC2)Nc2ccc(F)cc2N1. The van der Waals surface area contributed by atoms with Crippen molar-refractivity contribution in [3.05, 3.63) is 24.0 Å². The molecule has 3 N–H and O–H groups in total. The molecule has 5 nitrogen and oxygen atoms in total. The van der Waals surface area contributed by atoms with Crippen LogP contribution in [0.5, 0.6) is 0 Å². The molecule has 2 unspecified atom stereocenters. The smallest absolute Gasteiger partial charge is 0.227 e. The van der Waals surface area contributed by atoms with Gasteiger partial charge in [0.2, 0.25) is 5.91 Å². The molecule has 6 heteroatoms. The van der Waals surface area contributed by atoms with E-state index in [1.165, 1.54) is 37.8 Å². The van der Waals surface area contributed by atoms with Crippen molar-refractivity contribution in [2.75, 3.05) is 23.8 Å². The van der Waals surface area contributed by atoms with Gasteiger partial charge in [-0.3, -0.25) is 4.79 Å². The van der Waals surface area contributed by atoms with E-state index in [1.807, 2.05) is 0 Å². The van der Waals surface area contributed by atoms with Crippen molar-refractivity contribution in [2.24, 2.45) is 11.8 Å². The largest absolute Gasteiger partial charge is 0.377 e. The van der Waals surface area contributed by atoms with Crippen molar-refractivity contribution in [1.29, 1.82) is 0 Å². The molecule has 1 aromatic rings. The average molecular weight is 446 g/mol. The van der Waals surface area contributed by atoms with Gasteiger partial charge in [-0.15, -0.1) is 0 Å². The number of carbonyl (C=O) groups excluding carboxylic acids is 1. The van der Waals surface area contributed by atoms with Gasteiger partial charge in [-0.25, -0.2) is 4.39 Å². The highest BCUT2D eigenvalue weighted by molar-refractivity contribution is 5.86. The lowest BCUT2D eigenvalue weighted by molar-refractivity contribution is -0.131. The summed E-state index contributed by atoms with van der Waals surface area (Å²) in [4.78, 5) is 13.9. The third-order valence-corrected chi connectivity index (χ3v) is 7.56. The van der Waals surface area contributed by atoms with Crippen LogP contribution in [0.25, 0.3) is 0 Å². The third-order valence-electron chi connectivity index (χ3n) is 7.56. The Kier molecular flexibility index (Phi) is 7.93. The fraction of sp³-hybridized carbons (Fsp3) is 0.731. The molecule has 0 bridgehead atoms. The van der Waals surface area contributed by atoms with E-state index in [4.69, 9.17) is 4.74 Å². The molecule has 2 aliphatic carbocycles. The molecular weight excluding hydrogens is 405 g/mol. The van der Waals surface area contributed by atoms with E-state index in [1.54, 1.807) is 6.07 Å². The van der Waals surface area contributed by atoms with Crippen LogP contribution in [0.3, 0.4) is 0 Å². The van der Waals surface area contributed by atoms with Gasteiger partial charge >= 0.3 is 0 Å². The number of carbonyl (C=O) groups is 1. The second-order valence-electron chi connectivity index (χ2n) is 10.0. The average Bonchev–Trinajstić information content (AvgIpc) is 3.16. The fourth-order valence-electron chi connectivity index (χ4n) is 5.88. The van der Waals surface area contributed by atoms with Crippen LogP contribution in [0.2, 0.25) is 0 Å². The number of unbranched alkanes of at least 4 members (excludes halogenated alkanes) is 1. The fourth-order valence-corrected chi connectivity index (χ4v) is 5.88. The van der Waals surface area contributed by atoms with Crippen molar-refractivity contribution < 1.29 is 13.9 Å². The molecule has 1 aromatic carbocycles. The quantitative estimate of drug-likeness (QED) is 0.419. The maximum Gasteiger partial charge on any atom is 0.227 e. The van der Waals surface area contributed by atoms with Gasteiger partial charge in [0, 0.05) is 12.6 Å². The molecule has 32 heavy (non-hydrogen) atoms. The predicted molar refractivity (Wildman–Crippen MR) is 127 cm³/mol. The molecule has 2 fully saturated rings. The number of nitrogens with one attached hydrogen (secondary N) is 3. The first-order chi connectivity index (χ1) is 15.6. The van der Waals surface area contributed by atoms with Crippen molar-refractivity contribution in [2.45, 2.75) is 95.7 Å². The number of hydrogen-bond donors (Lipinski definition) is 3. The summed E-state index contributed by atoms with van der Waals surface area (Å²) in [5, 5.41) is 10.6. The lowest BCUT2D eigenvalue weighted by atomic mass is 9.73. The van der Waals surface area contributed by atoms with Crippen LogP contribution in [-0.4, -0.2) is 30.8 Å². The van der Waals surface area contributed by atoms with E-state index in [9.17, 15) is 9.18 Å². The Morgan fingerprint density at radius 2 is 1.78 bits per heavy atom. The van der Waals surface area contributed by atoms with Crippen LogP contribution in [0.4, 0.5) is 15.8 Å². The van der Waals surface area contributed by atoms with E-state index in [2.05, 4.69) is 22.9 Å². The summed E-state index contributed by atoms with van der Waals surface area (Å²) in [6.45, 7) is 3.18. The van der Waals surface area contributed by atoms with Crippen molar-refractivity contribution in [3.63, 3.8) is 0 Å². The lowest BCUT2D eigenvalue weighted by Crippen LogP contribution is -2.61. The van der Waals surface area contributed by atoms with Gasteiger partial charge in [-0.2, -0.15) is 0 Å². The van der Waals surface area contributed by atoms with Gasteiger partial charge in [0.25, 0.3) is 0 Å². The van der Waals surface area contributed by atoms with E-state index >= 15 is 0 Å². The Labute approximate surface area is 192 Å². The van der Waals surface area contributed by atoms with Gasteiger partial charge in [-0.05, 0) is 56.2 Å². The first kappa shape index (κ1) is 23.3. The molecule has 178 valence electrons. The number of ether oxygens (including phenoxy) is 1. The minimum absolute atomic E-state index is 0.121. The minimum Gasteiger partial charge on any atom is -0.377 e. The van der Waals surface area contributed by atoms with E-state index < -0.39 is 5.66 Å². The molecule has 3 aliphatic rings. The molecule has 2 atom stereocenters. The maximum atomic E-state index is 14.0. The highest BCUT2D eigenvalue weighted by atomic mass is 19.1. The first-order valence-electron chi connectivity index (χ1n) is 12.9. The number of fused-ring (bicyclic) bond motifs is 1. The van der Waals surface area contributed by atoms with Crippen LogP contribution in [0.15, 0.2) is 18.2 Å². The summed E-state index contributed by atoms with van der Waals surface area (Å²) in [5.74, 6) is -0.152. The molecule has 1 amide bonds. The number of amides is 1. The molecule has 0 spiro atoms. The van der Waals surface area contributed by atoms with Gasteiger partial charge in [0.15, 0.2) is 0 Å². The predicted octanol–water partition coefficient (Wildman–Crippen LogP) is 5.82. The summed E-state index contributed by atoms with van der Waals surface area (Å²) < 4.78 is 20.1. The van der Waals surface area contributed by atoms with Crippen LogP contribution in [-0.2, 0) is 9.53 Å². The lowest BCUT2D eigenvalue weighted by Gasteiger charge is -2.43. The highest BCUT2D eigenvalue weighted by Crippen LogP contribution is 2.44. The van der Waals surface area contributed by atoms with Crippen LogP contribution >= 0.6 is 0 Å². The Hall–Kier alpha value is -1.82. The number of rotatable bonds is 9. The Morgan fingerprint density at radius 1 is 1.09 bits per heavy atom. The summed E-state index contributed by atoms with van der Waals surface area (Å²) >= 11 is 0. The molecule has 1 heterocycles. The number of hydrogen-bond acceptors (Lipinski definition) is 4. The standard InChI is InChI=1S/C26H40FN3O2/c1-2-3-16-32-18-26(29-22-15-14-20(27)17-23(22)30-26)24(19-10-6-4-7-11-19)25(31)28-21-12-8-5-9-13-21/h14-15,17,19,21,24,29-30H,2-13,16,18H2,1H3,(H,28,31). The Balaban J connectivity index is 1.61. The zero-order valence-electron chi connectivity index (χ0n) is 19.6. The van der Waals surface area contributed by atoms with E-state index in [-0.39, 0.29) is 29.6 Å².